The van der Waals surface area contributed by atoms with Gasteiger partial charge in [-0.25, -0.2) is 0 Å². The van der Waals surface area contributed by atoms with Crippen molar-refractivity contribution in [2.75, 3.05) is 26.3 Å². The molecule has 0 unspecified atom stereocenters. The minimum absolute atomic E-state index is 0.0497. The van der Waals surface area contributed by atoms with Crippen LogP contribution in [0.2, 0.25) is 0 Å². The summed E-state index contributed by atoms with van der Waals surface area (Å²) >= 11 is 0. The molecule has 0 aliphatic rings. The summed E-state index contributed by atoms with van der Waals surface area (Å²) < 4.78 is 0. The van der Waals surface area contributed by atoms with E-state index in [0.29, 0.717) is 0 Å². The number of rotatable bonds is 6. The van der Waals surface area contributed by atoms with Crippen LogP contribution in [0.15, 0.2) is 12.7 Å². The zero-order valence-corrected chi connectivity index (χ0v) is 9.78. The molecule has 0 saturated carbocycles. The lowest BCUT2D eigenvalue weighted by molar-refractivity contribution is -0.126. The Morgan fingerprint density at radius 2 is 1.60 bits per heavy atom. The second kappa shape index (κ2) is 13.1. The lowest BCUT2D eigenvalue weighted by Gasteiger charge is -2.18. The highest BCUT2D eigenvalue weighted by Gasteiger charge is 2.05. The highest BCUT2D eigenvalue weighted by molar-refractivity contribution is 5.86. The van der Waals surface area contributed by atoms with Crippen molar-refractivity contribution in [3.8, 4) is 0 Å². The van der Waals surface area contributed by atoms with Crippen LogP contribution in [-0.2, 0) is 4.79 Å². The summed E-state index contributed by atoms with van der Waals surface area (Å²) in [6.07, 6.45) is 3.41. The Labute approximate surface area is 92.2 Å². The van der Waals surface area contributed by atoms with Crippen molar-refractivity contribution in [1.82, 2.24) is 4.90 Å². The van der Waals surface area contributed by atoms with Gasteiger partial charge in [-0.05, 0) is 18.9 Å². The van der Waals surface area contributed by atoms with Crippen molar-refractivity contribution in [2.24, 2.45) is 0 Å². The Morgan fingerprint density at radius 3 is 1.80 bits per heavy atom. The van der Waals surface area contributed by atoms with Crippen molar-refractivity contribution in [2.45, 2.75) is 26.7 Å². The van der Waals surface area contributed by atoms with E-state index in [-0.39, 0.29) is 19.1 Å². The van der Waals surface area contributed by atoms with E-state index in [1.54, 1.807) is 0 Å². The van der Waals surface area contributed by atoms with Crippen LogP contribution in [0.3, 0.4) is 0 Å². The van der Waals surface area contributed by atoms with Crippen LogP contribution >= 0.6 is 0 Å². The van der Waals surface area contributed by atoms with Gasteiger partial charge >= 0.3 is 0 Å². The zero-order valence-electron chi connectivity index (χ0n) is 9.78. The van der Waals surface area contributed by atoms with Crippen molar-refractivity contribution in [3.05, 3.63) is 12.7 Å². The Morgan fingerprint density at radius 1 is 1.20 bits per heavy atom. The van der Waals surface area contributed by atoms with E-state index >= 15 is 0 Å². The van der Waals surface area contributed by atoms with Gasteiger partial charge in [-0.2, -0.15) is 0 Å². The normalized spacial score (nSPS) is 8.80. The van der Waals surface area contributed by atoms with E-state index in [1.807, 2.05) is 4.90 Å². The van der Waals surface area contributed by atoms with Crippen LogP contribution in [0, 0.1) is 0 Å². The maximum atomic E-state index is 11.1. The molecule has 0 aromatic rings. The predicted molar refractivity (Wildman–Crippen MR) is 61.5 cm³/mol. The molecule has 4 heteroatoms. The summed E-state index contributed by atoms with van der Waals surface area (Å²) in [7, 11) is 0. The first-order valence-corrected chi connectivity index (χ1v) is 5.30. The van der Waals surface area contributed by atoms with E-state index in [4.69, 9.17) is 10.2 Å². The fraction of sp³-hybridized carbons (Fsp3) is 0.727. The fourth-order valence-corrected chi connectivity index (χ4v) is 1.00. The maximum Gasteiger partial charge on any atom is 0.245 e. The fourth-order valence-electron chi connectivity index (χ4n) is 1.00. The van der Waals surface area contributed by atoms with Crippen molar-refractivity contribution in [1.29, 1.82) is 0 Å². The van der Waals surface area contributed by atoms with Crippen molar-refractivity contribution in [3.63, 3.8) is 0 Å². The molecule has 0 bridgehead atoms. The Kier molecular flexibility index (Phi) is 14.5. The van der Waals surface area contributed by atoms with Gasteiger partial charge in [0, 0.05) is 13.1 Å². The molecule has 0 rings (SSSR count). The summed E-state index contributed by atoms with van der Waals surface area (Å²) in [5, 5.41) is 15.2. The zero-order chi connectivity index (χ0) is 12.1. The minimum Gasteiger partial charge on any atom is -0.394 e. The first-order chi connectivity index (χ1) is 7.17. The monoisotopic (exact) mass is 217 g/mol. The van der Waals surface area contributed by atoms with Gasteiger partial charge in [-0.15, -0.1) is 0 Å². The number of nitrogens with zero attached hydrogens (tertiary/aromatic N) is 1. The summed E-state index contributed by atoms with van der Waals surface area (Å²) in [4.78, 5) is 12.9. The molecule has 90 valence electrons. The quantitative estimate of drug-likeness (QED) is 0.647. The van der Waals surface area contributed by atoms with E-state index in [0.717, 1.165) is 25.9 Å². The molecule has 0 saturated heterocycles. The molecular weight excluding hydrogens is 194 g/mol. The third-order valence-electron chi connectivity index (χ3n) is 1.57. The van der Waals surface area contributed by atoms with Gasteiger partial charge in [0.05, 0.1) is 13.2 Å². The molecule has 1 amide bonds. The van der Waals surface area contributed by atoms with Gasteiger partial charge in [0.15, 0.2) is 0 Å². The third kappa shape index (κ3) is 11.1. The maximum absolute atomic E-state index is 11.1. The van der Waals surface area contributed by atoms with Crippen LogP contribution < -0.4 is 0 Å². The number of hydrogen-bond acceptors (Lipinski definition) is 3. The summed E-state index contributed by atoms with van der Waals surface area (Å²) in [6.45, 7) is 9.03. The first kappa shape index (κ1) is 16.6. The average molecular weight is 217 g/mol. The average Bonchev–Trinajstić information content (AvgIpc) is 2.28. The van der Waals surface area contributed by atoms with Gasteiger partial charge in [0.2, 0.25) is 5.91 Å². The highest BCUT2D eigenvalue weighted by Crippen LogP contribution is 1.95. The summed E-state index contributed by atoms with van der Waals surface area (Å²) in [5.41, 5.74) is 0. The second-order valence-corrected chi connectivity index (χ2v) is 2.98. The Bertz CT molecular complexity index is 152. The number of hydrogen-bond donors (Lipinski definition) is 2. The molecule has 0 aromatic carbocycles. The van der Waals surface area contributed by atoms with Crippen LogP contribution in [0.1, 0.15) is 26.7 Å². The molecule has 0 aromatic heterocycles. The van der Waals surface area contributed by atoms with E-state index < -0.39 is 0 Å². The molecule has 0 radical (unpaired) electrons. The van der Waals surface area contributed by atoms with Gasteiger partial charge in [0.1, 0.15) is 0 Å². The van der Waals surface area contributed by atoms with Gasteiger partial charge in [-0.1, -0.05) is 20.4 Å². The first-order valence-electron chi connectivity index (χ1n) is 5.30. The molecule has 0 heterocycles. The Hall–Kier alpha value is -0.870. The molecule has 4 nitrogen and oxygen atoms in total. The second-order valence-electron chi connectivity index (χ2n) is 2.98. The summed E-state index contributed by atoms with van der Waals surface area (Å²) in [5.74, 6) is 0.0497. The molecule has 0 atom stereocenters. The third-order valence-corrected chi connectivity index (χ3v) is 1.57. The van der Waals surface area contributed by atoms with Gasteiger partial charge < -0.3 is 15.1 Å². The van der Waals surface area contributed by atoms with E-state index in [9.17, 15) is 4.79 Å². The standard InChI is InChI=1S/C9H17NO.C2H6O2/c1-4-7-10(8-5-2)9(11)6-3;3-1-2-4/h6H,3-5,7-8H2,1-2H3;3-4H,1-2H2. The molecule has 0 fully saturated rings. The van der Waals surface area contributed by atoms with Gasteiger partial charge in [-0.3, -0.25) is 4.79 Å². The van der Waals surface area contributed by atoms with Crippen molar-refractivity contribution < 1.29 is 15.0 Å². The SMILES string of the molecule is C=CC(=O)N(CCC)CCC.OCCO. The molecule has 2 N–H and O–H groups in total. The number of amides is 1. The minimum atomic E-state index is -0.125. The molecule has 0 aliphatic carbocycles. The van der Waals surface area contributed by atoms with Crippen LogP contribution in [0.25, 0.3) is 0 Å². The molecular formula is C11H23NO3. The van der Waals surface area contributed by atoms with Crippen LogP contribution in [0.4, 0.5) is 0 Å². The number of carbonyl (C=O) groups is 1. The van der Waals surface area contributed by atoms with E-state index in [2.05, 4.69) is 20.4 Å². The Balaban J connectivity index is 0. The largest absolute Gasteiger partial charge is 0.394 e. The smallest absolute Gasteiger partial charge is 0.245 e. The number of aliphatic hydroxyl groups excluding tert-OH is 2. The number of aliphatic hydroxyl groups is 2. The van der Waals surface area contributed by atoms with Crippen LogP contribution in [-0.4, -0.2) is 47.3 Å². The summed E-state index contributed by atoms with van der Waals surface area (Å²) in [6, 6.07) is 0. The molecule has 0 aliphatic heterocycles. The molecule has 15 heavy (non-hydrogen) atoms. The van der Waals surface area contributed by atoms with E-state index in [1.165, 1.54) is 6.08 Å². The van der Waals surface area contributed by atoms with Crippen molar-refractivity contribution >= 4 is 5.91 Å². The number of carbonyl (C=O) groups excluding carboxylic acids is 1. The predicted octanol–water partition coefficient (Wildman–Crippen LogP) is 0.792. The van der Waals surface area contributed by atoms with Crippen LogP contribution in [0.5, 0.6) is 0 Å². The molecule has 0 spiro atoms. The lowest BCUT2D eigenvalue weighted by atomic mass is 10.3. The lowest BCUT2D eigenvalue weighted by Crippen LogP contribution is -2.30. The van der Waals surface area contributed by atoms with Gasteiger partial charge in [0.25, 0.3) is 0 Å². The topological polar surface area (TPSA) is 60.8 Å². The highest BCUT2D eigenvalue weighted by atomic mass is 16.3.